The summed E-state index contributed by atoms with van der Waals surface area (Å²) in [5, 5.41) is 0. The minimum Gasteiger partial charge on any atom is -0.462 e. The predicted molar refractivity (Wildman–Crippen MR) is 80.9 cm³/mol. The van der Waals surface area contributed by atoms with E-state index in [1.165, 1.54) is 6.20 Å². The Morgan fingerprint density at radius 2 is 2.32 bits per heavy atom. The van der Waals surface area contributed by atoms with Crippen LogP contribution in [0.4, 0.5) is 11.5 Å². The number of thioether (sulfide) groups is 1. The van der Waals surface area contributed by atoms with Crippen LogP contribution in [-0.4, -0.2) is 42.7 Å². The molecular formula is C13H21N3O2S. The zero-order valence-electron chi connectivity index (χ0n) is 11.8. The highest BCUT2D eigenvalue weighted by Gasteiger charge is 2.16. The van der Waals surface area contributed by atoms with Gasteiger partial charge in [-0.05, 0) is 26.2 Å². The van der Waals surface area contributed by atoms with Gasteiger partial charge in [0.05, 0.1) is 24.1 Å². The van der Waals surface area contributed by atoms with Crippen molar-refractivity contribution in [3.05, 3.63) is 17.8 Å². The second-order valence-corrected chi connectivity index (χ2v) is 5.18. The molecule has 0 aliphatic heterocycles. The topological polar surface area (TPSA) is 68.5 Å². The smallest absolute Gasteiger partial charge is 0.340 e. The van der Waals surface area contributed by atoms with Crippen molar-refractivity contribution in [2.75, 3.05) is 36.3 Å². The van der Waals surface area contributed by atoms with E-state index in [2.05, 4.69) is 18.2 Å². The fourth-order valence-corrected chi connectivity index (χ4v) is 2.32. The minimum atomic E-state index is -0.408. The molecule has 106 valence electrons. The van der Waals surface area contributed by atoms with Gasteiger partial charge in [-0.1, -0.05) is 0 Å². The highest BCUT2D eigenvalue weighted by molar-refractivity contribution is 7.98. The second kappa shape index (κ2) is 7.23. The van der Waals surface area contributed by atoms with Crippen LogP contribution in [-0.2, 0) is 4.74 Å². The van der Waals surface area contributed by atoms with Crippen LogP contribution in [0.3, 0.4) is 0 Å². The average molecular weight is 283 g/mol. The summed E-state index contributed by atoms with van der Waals surface area (Å²) in [6, 6.07) is 2.01. The molecule has 1 heterocycles. The molecule has 1 unspecified atom stereocenters. The SMILES string of the molecule is CCOC(=O)c1cc(N(C)C(C)CSC)ncc1N. The highest BCUT2D eigenvalue weighted by atomic mass is 32.2. The van der Waals surface area contributed by atoms with Crippen LogP contribution in [0.5, 0.6) is 0 Å². The Morgan fingerprint density at radius 3 is 2.89 bits per heavy atom. The van der Waals surface area contributed by atoms with E-state index in [0.29, 0.717) is 23.9 Å². The summed E-state index contributed by atoms with van der Waals surface area (Å²) in [7, 11) is 1.95. The third-order valence-corrected chi connectivity index (χ3v) is 3.66. The molecule has 2 N–H and O–H groups in total. The molecule has 0 bridgehead atoms. The van der Waals surface area contributed by atoms with Crippen LogP contribution >= 0.6 is 11.8 Å². The first-order chi connectivity index (χ1) is 9.01. The quantitative estimate of drug-likeness (QED) is 0.806. The zero-order valence-corrected chi connectivity index (χ0v) is 12.7. The molecule has 0 aliphatic rings. The molecule has 0 fully saturated rings. The number of hydrogen-bond acceptors (Lipinski definition) is 6. The number of nitrogens with zero attached hydrogens (tertiary/aromatic N) is 2. The number of carbonyl (C=O) groups excluding carboxylic acids is 1. The lowest BCUT2D eigenvalue weighted by Crippen LogP contribution is -2.31. The molecule has 1 rings (SSSR count). The molecule has 0 amide bonds. The standard InChI is InChI=1S/C13H21N3O2S/c1-5-18-13(17)10-6-12(15-7-11(10)14)16(3)9(2)8-19-4/h6-7,9H,5,8,14H2,1-4H3. The minimum absolute atomic E-state index is 0.321. The Balaban J connectivity index is 2.98. The normalized spacial score (nSPS) is 12.0. The number of aromatic nitrogens is 1. The number of carbonyl (C=O) groups is 1. The van der Waals surface area contributed by atoms with Crippen LogP contribution in [0.15, 0.2) is 12.3 Å². The van der Waals surface area contributed by atoms with Gasteiger partial charge in [0.2, 0.25) is 0 Å². The molecule has 0 radical (unpaired) electrons. The van der Waals surface area contributed by atoms with Crippen molar-refractivity contribution < 1.29 is 9.53 Å². The first kappa shape index (κ1) is 15.6. The Labute approximate surface area is 118 Å². The molecule has 1 aromatic heterocycles. The van der Waals surface area contributed by atoms with Crippen molar-refractivity contribution >= 4 is 29.2 Å². The first-order valence-corrected chi connectivity index (χ1v) is 7.55. The monoisotopic (exact) mass is 283 g/mol. The fourth-order valence-electron chi connectivity index (χ4n) is 1.61. The van der Waals surface area contributed by atoms with Gasteiger partial charge in [0.15, 0.2) is 0 Å². The molecule has 5 nitrogen and oxygen atoms in total. The number of nitrogens with two attached hydrogens (primary N) is 1. The maximum absolute atomic E-state index is 11.8. The Bertz CT molecular complexity index is 440. The van der Waals surface area contributed by atoms with Crippen LogP contribution in [0.1, 0.15) is 24.2 Å². The van der Waals surface area contributed by atoms with Crippen molar-refractivity contribution in [1.82, 2.24) is 4.98 Å². The summed E-state index contributed by atoms with van der Waals surface area (Å²) >= 11 is 1.77. The largest absolute Gasteiger partial charge is 0.462 e. The molecule has 0 aromatic carbocycles. The van der Waals surface area contributed by atoms with E-state index in [0.717, 1.165) is 11.6 Å². The van der Waals surface area contributed by atoms with Gasteiger partial charge in [-0.3, -0.25) is 0 Å². The second-order valence-electron chi connectivity index (χ2n) is 4.27. The molecule has 0 saturated carbocycles. The summed E-state index contributed by atoms with van der Waals surface area (Å²) in [6.45, 7) is 4.20. The fraction of sp³-hybridized carbons (Fsp3) is 0.538. The van der Waals surface area contributed by atoms with E-state index in [1.54, 1.807) is 24.8 Å². The lowest BCUT2D eigenvalue weighted by atomic mass is 10.2. The zero-order chi connectivity index (χ0) is 14.4. The van der Waals surface area contributed by atoms with Gasteiger partial charge in [0.1, 0.15) is 5.82 Å². The molecular weight excluding hydrogens is 262 g/mol. The van der Waals surface area contributed by atoms with Crippen LogP contribution in [0.2, 0.25) is 0 Å². The Kier molecular flexibility index (Phi) is 5.95. The van der Waals surface area contributed by atoms with Crippen molar-refractivity contribution in [2.24, 2.45) is 0 Å². The number of ether oxygens (including phenoxy) is 1. The Morgan fingerprint density at radius 1 is 1.63 bits per heavy atom. The predicted octanol–water partition coefficient (Wildman–Crippen LogP) is 2.03. The van der Waals surface area contributed by atoms with E-state index in [-0.39, 0.29) is 0 Å². The lowest BCUT2D eigenvalue weighted by molar-refractivity contribution is 0.0527. The van der Waals surface area contributed by atoms with Crippen molar-refractivity contribution in [3.8, 4) is 0 Å². The van der Waals surface area contributed by atoms with E-state index in [4.69, 9.17) is 10.5 Å². The maximum atomic E-state index is 11.8. The van der Waals surface area contributed by atoms with Gasteiger partial charge < -0.3 is 15.4 Å². The number of rotatable bonds is 6. The molecule has 0 saturated heterocycles. The van der Waals surface area contributed by atoms with Crippen molar-refractivity contribution in [2.45, 2.75) is 19.9 Å². The first-order valence-electron chi connectivity index (χ1n) is 6.15. The van der Waals surface area contributed by atoms with E-state index < -0.39 is 5.97 Å². The van der Waals surface area contributed by atoms with Gasteiger partial charge in [0, 0.05) is 18.8 Å². The van der Waals surface area contributed by atoms with Crippen LogP contribution in [0.25, 0.3) is 0 Å². The maximum Gasteiger partial charge on any atom is 0.340 e. The third-order valence-electron chi connectivity index (χ3n) is 2.85. The molecule has 0 spiro atoms. The van der Waals surface area contributed by atoms with Gasteiger partial charge in [-0.25, -0.2) is 9.78 Å². The summed E-state index contributed by atoms with van der Waals surface area (Å²) in [5.74, 6) is 1.30. The van der Waals surface area contributed by atoms with Gasteiger partial charge in [-0.2, -0.15) is 11.8 Å². The molecule has 19 heavy (non-hydrogen) atoms. The summed E-state index contributed by atoms with van der Waals surface area (Å²) in [5.41, 5.74) is 6.48. The summed E-state index contributed by atoms with van der Waals surface area (Å²) in [4.78, 5) is 18.1. The van der Waals surface area contributed by atoms with Crippen LogP contribution in [0, 0.1) is 0 Å². The molecule has 0 aliphatic carbocycles. The molecule has 1 aromatic rings. The van der Waals surface area contributed by atoms with Gasteiger partial charge in [0.25, 0.3) is 0 Å². The molecule has 6 heteroatoms. The van der Waals surface area contributed by atoms with E-state index in [9.17, 15) is 4.79 Å². The Hall–Kier alpha value is -1.43. The number of nitrogen functional groups attached to an aromatic ring is 1. The number of esters is 1. The van der Waals surface area contributed by atoms with Gasteiger partial charge >= 0.3 is 5.97 Å². The number of pyridine rings is 1. The highest BCUT2D eigenvalue weighted by Crippen LogP contribution is 2.20. The summed E-state index contributed by atoms with van der Waals surface area (Å²) < 4.78 is 4.98. The third kappa shape index (κ3) is 4.02. The number of anilines is 2. The number of hydrogen-bond donors (Lipinski definition) is 1. The lowest BCUT2D eigenvalue weighted by Gasteiger charge is -2.25. The van der Waals surface area contributed by atoms with Gasteiger partial charge in [-0.15, -0.1) is 0 Å². The van der Waals surface area contributed by atoms with Crippen molar-refractivity contribution in [3.63, 3.8) is 0 Å². The molecule has 1 atom stereocenters. The average Bonchev–Trinajstić information content (AvgIpc) is 2.39. The van der Waals surface area contributed by atoms with Crippen LogP contribution < -0.4 is 10.6 Å². The van der Waals surface area contributed by atoms with E-state index >= 15 is 0 Å². The van der Waals surface area contributed by atoms with Crippen molar-refractivity contribution in [1.29, 1.82) is 0 Å². The van der Waals surface area contributed by atoms with E-state index in [1.807, 2.05) is 11.9 Å². The summed E-state index contributed by atoms with van der Waals surface area (Å²) in [6.07, 6.45) is 3.56.